The van der Waals surface area contributed by atoms with E-state index >= 15 is 0 Å². The number of ether oxygens (including phenoxy) is 1. The van der Waals surface area contributed by atoms with Crippen molar-refractivity contribution in [3.8, 4) is 0 Å². The second kappa shape index (κ2) is 10.8. The van der Waals surface area contributed by atoms with Gasteiger partial charge in [-0.1, -0.05) is 30.3 Å². The molecule has 1 unspecified atom stereocenters. The van der Waals surface area contributed by atoms with Crippen molar-refractivity contribution in [3.05, 3.63) is 75.3 Å². The van der Waals surface area contributed by atoms with E-state index in [4.69, 9.17) is 4.74 Å². The van der Waals surface area contributed by atoms with Crippen LogP contribution in [0.1, 0.15) is 22.8 Å². The Morgan fingerprint density at radius 1 is 1.29 bits per heavy atom. The van der Waals surface area contributed by atoms with Gasteiger partial charge in [0.25, 0.3) is 5.69 Å². The number of nitro benzene ring substituents is 1. The Kier molecular flexibility index (Phi) is 8.62. The second-order valence-electron chi connectivity index (χ2n) is 6.72. The highest BCUT2D eigenvalue weighted by Gasteiger charge is 2.32. The number of guanidine groups is 1. The van der Waals surface area contributed by atoms with E-state index in [9.17, 15) is 23.3 Å². The minimum absolute atomic E-state index is 0. The minimum Gasteiger partial charge on any atom is -0.370 e. The minimum atomic E-state index is -4.42. The first-order valence-electron chi connectivity index (χ1n) is 9.26. The Labute approximate surface area is 194 Å². The van der Waals surface area contributed by atoms with Gasteiger partial charge in [-0.15, -0.1) is 24.0 Å². The van der Waals surface area contributed by atoms with Crippen molar-refractivity contribution in [3.63, 3.8) is 0 Å². The molecule has 1 heterocycles. The van der Waals surface area contributed by atoms with Gasteiger partial charge in [0.1, 0.15) is 6.10 Å². The zero-order valence-electron chi connectivity index (χ0n) is 16.6. The zero-order valence-corrected chi connectivity index (χ0v) is 19.0. The topological polar surface area (TPSA) is 80.0 Å². The highest BCUT2D eigenvalue weighted by molar-refractivity contribution is 14.0. The molecule has 11 heteroatoms. The van der Waals surface area contributed by atoms with Crippen LogP contribution in [0.2, 0.25) is 0 Å². The number of halogens is 4. The molecule has 2 aromatic carbocycles. The van der Waals surface area contributed by atoms with Gasteiger partial charge in [-0.25, -0.2) is 0 Å². The van der Waals surface area contributed by atoms with Gasteiger partial charge in [0.05, 0.1) is 23.6 Å². The van der Waals surface area contributed by atoms with E-state index < -0.39 is 22.8 Å². The molecule has 0 spiro atoms. The van der Waals surface area contributed by atoms with Crippen molar-refractivity contribution in [1.29, 1.82) is 0 Å². The summed E-state index contributed by atoms with van der Waals surface area (Å²) in [6.45, 7) is 1.30. The number of rotatable bonds is 4. The van der Waals surface area contributed by atoms with Gasteiger partial charge in [-0.3, -0.25) is 15.1 Å². The van der Waals surface area contributed by atoms with Gasteiger partial charge < -0.3 is 15.0 Å². The van der Waals surface area contributed by atoms with E-state index in [1.54, 1.807) is 31.3 Å². The maximum Gasteiger partial charge on any atom is 0.416 e. The summed E-state index contributed by atoms with van der Waals surface area (Å²) in [5.74, 6) is 0.494. The third kappa shape index (κ3) is 6.29. The molecular formula is C20H22F3IN4O3. The molecule has 0 radical (unpaired) electrons. The van der Waals surface area contributed by atoms with Crippen LogP contribution >= 0.6 is 24.0 Å². The number of benzene rings is 2. The monoisotopic (exact) mass is 550 g/mol. The lowest BCUT2D eigenvalue weighted by Gasteiger charge is -2.35. The van der Waals surface area contributed by atoms with Crippen molar-refractivity contribution < 1.29 is 22.8 Å². The summed E-state index contributed by atoms with van der Waals surface area (Å²) in [7, 11) is 1.58. The van der Waals surface area contributed by atoms with Crippen molar-refractivity contribution in [2.45, 2.75) is 18.8 Å². The number of nitrogens with one attached hydrogen (secondary N) is 1. The molecule has 31 heavy (non-hydrogen) atoms. The Bertz CT molecular complexity index is 940. The highest BCUT2D eigenvalue weighted by Crippen LogP contribution is 2.32. The fourth-order valence-corrected chi connectivity index (χ4v) is 3.30. The molecular weight excluding hydrogens is 528 g/mol. The standard InChI is InChI=1S/C20H21F3N4O3.HI/c1-24-19(25-12-15-5-2-3-8-17(15)27(28)29)26-9-10-30-18(13-26)14-6-4-7-16(11-14)20(21,22)23;/h2-8,11,18H,9-10,12-13H2,1H3,(H,24,25);1H. The lowest BCUT2D eigenvalue weighted by atomic mass is 10.0. The number of nitro groups is 1. The van der Waals surface area contributed by atoms with E-state index in [0.717, 1.165) is 12.1 Å². The summed E-state index contributed by atoms with van der Waals surface area (Å²) in [6.07, 6.45) is -4.97. The zero-order chi connectivity index (χ0) is 21.7. The summed E-state index contributed by atoms with van der Waals surface area (Å²) in [6, 6.07) is 11.5. The van der Waals surface area contributed by atoms with Crippen LogP contribution in [0.25, 0.3) is 0 Å². The Morgan fingerprint density at radius 3 is 2.71 bits per heavy atom. The molecule has 1 N–H and O–H groups in total. The van der Waals surface area contributed by atoms with Gasteiger partial charge in [0, 0.05) is 31.8 Å². The molecule has 168 valence electrons. The average molecular weight is 550 g/mol. The molecule has 7 nitrogen and oxygen atoms in total. The molecule has 0 aromatic heterocycles. The molecule has 0 saturated carbocycles. The summed E-state index contributed by atoms with van der Waals surface area (Å²) < 4.78 is 44.7. The van der Waals surface area contributed by atoms with Crippen LogP contribution in [0.15, 0.2) is 53.5 Å². The predicted molar refractivity (Wildman–Crippen MR) is 120 cm³/mol. The fraction of sp³-hybridized carbons (Fsp3) is 0.350. The van der Waals surface area contributed by atoms with Gasteiger partial charge >= 0.3 is 6.18 Å². The molecule has 0 bridgehead atoms. The first-order chi connectivity index (χ1) is 14.3. The number of hydrogen-bond donors (Lipinski definition) is 1. The summed E-state index contributed by atoms with van der Waals surface area (Å²) in [4.78, 5) is 16.8. The normalized spacial score (nSPS) is 17.1. The molecule has 2 aromatic rings. The molecule has 0 amide bonds. The molecule has 3 rings (SSSR count). The van der Waals surface area contributed by atoms with Crippen molar-refractivity contribution >= 4 is 35.6 Å². The maximum atomic E-state index is 13.0. The van der Waals surface area contributed by atoms with Crippen LogP contribution in [-0.4, -0.2) is 42.5 Å². The van der Waals surface area contributed by atoms with Crippen LogP contribution in [0.5, 0.6) is 0 Å². The molecule has 1 aliphatic heterocycles. The van der Waals surface area contributed by atoms with Gasteiger partial charge in [-0.05, 0) is 17.7 Å². The molecule has 1 aliphatic rings. The number of alkyl halides is 3. The van der Waals surface area contributed by atoms with E-state index in [0.29, 0.717) is 36.8 Å². The van der Waals surface area contributed by atoms with Crippen LogP contribution in [0.3, 0.4) is 0 Å². The smallest absolute Gasteiger partial charge is 0.370 e. The van der Waals surface area contributed by atoms with E-state index in [2.05, 4.69) is 10.3 Å². The van der Waals surface area contributed by atoms with Crippen LogP contribution in [-0.2, 0) is 17.5 Å². The SMILES string of the molecule is CN=C(NCc1ccccc1[N+](=O)[O-])N1CCOC(c2cccc(C(F)(F)F)c2)C1.I. The molecule has 1 fully saturated rings. The van der Waals surface area contributed by atoms with Crippen LogP contribution < -0.4 is 5.32 Å². The first kappa shape index (κ1) is 24.9. The lowest BCUT2D eigenvalue weighted by Crippen LogP contribution is -2.48. The third-order valence-electron chi connectivity index (χ3n) is 4.79. The third-order valence-corrected chi connectivity index (χ3v) is 4.79. The number of hydrogen-bond acceptors (Lipinski definition) is 4. The average Bonchev–Trinajstić information content (AvgIpc) is 2.74. The predicted octanol–water partition coefficient (Wildman–Crippen LogP) is 4.38. The lowest BCUT2D eigenvalue weighted by molar-refractivity contribution is -0.385. The van der Waals surface area contributed by atoms with E-state index in [1.807, 2.05) is 4.90 Å². The quantitative estimate of drug-likeness (QED) is 0.201. The Hall–Kier alpha value is -2.41. The van der Waals surface area contributed by atoms with Crippen molar-refractivity contribution in [2.75, 3.05) is 26.7 Å². The summed E-state index contributed by atoms with van der Waals surface area (Å²) >= 11 is 0. The molecule has 1 atom stereocenters. The number of aliphatic imine (C=N–C) groups is 1. The van der Waals surface area contributed by atoms with Crippen molar-refractivity contribution in [1.82, 2.24) is 10.2 Å². The summed E-state index contributed by atoms with van der Waals surface area (Å²) in [5, 5.41) is 14.3. The Morgan fingerprint density at radius 2 is 2.03 bits per heavy atom. The van der Waals surface area contributed by atoms with Gasteiger partial charge in [0.2, 0.25) is 0 Å². The van der Waals surface area contributed by atoms with Gasteiger partial charge in [0.15, 0.2) is 5.96 Å². The second-order valence-corrected chi connectivity index (χ2v) is 6.72. The van der Waals surface area contributed by atoms with Crippen LogP contribution in [0, 0.1) is 10.1 Å². The highest BCUT2D eigenvalue weighted by atomic mass is 127. The fourth-order valence-electron chi connectivity index (χ4n) is 3.30. The largest absolute Gasteiger partial charge is 0.416 e. The summed E-state index contributed by atoms with van der Waals surface area (Å²) in [5.41, 5.74) is 0.221. The van der Waals surface area contributed by atoms with Crippen LogP contribution in [0.4, 0.5) is 18.9 Å². The Balaban J connectivity index is 0.00000341. The molecule has 1 saturated heterocycles. The maximum absolute atomic E-state index is 13.0. The number of morpholine rings is 1. The molecule has 0 aliphatic carbocycles. The van der Waals surface area contributed by atoms with E-state index in [-0.39, 0.29) is 36.2 Å². The van der Waals surface area contributed by atoms with Gasteiger partial charge in [-0.2, -0.15) is 13.2 Å². The number of para-hydroxylation sites is 1. The first-order valence-corrected chi connectivity index (χ1v) is 9.26. The van der Waals surface area contributed by atoms with Crippen molar-refractivity contribution in [2.24, 2.45) is 4.99 Å². The number of nitrogens with zero attached hydrogens (tertiary/aromatic N) is 3. The van der Waals surface area contributed by atoms with E-state index in [1.165, 1.54) is 12.1 Å².